The topological polar surface area (TPSA) is 171 Å². The minimum atomic E-state index is -1.17. The van der Waals surface area contributed by atoms with Gasteiger partial charge in [0, 0.05) is 44.1 Å². The lowest BCUT2D eigenvalue weighted by Crippen LogP contribution is -2.52. The van der Waals surface area contributed by atoms with Crippen molar-refractivity contribution in [3.8, 4) is 11.5 Å². The molecule has 1 unspecified atom stereocenters. The summed E-state index contributed by atoms with van der Waals surface area (Å²) in [4.78, 5) is 33.5. The maximum Gasteiger partial charge on any atom is 0.261 e. The largest absolute Gasteiger partial charge is 0.503 e. The van der Waals surface area contributed by atoms with Crippen LogP contribution in [0.1, 0.15) is 36.7 Å². The van der Waals surface area contributed by atoms with Gasteiger partial charge in [-0.25, -0.2) is 15.0 Å². The number of nitrogens with two attached hydrogens (primary N) is 1. The third-order valence-electron chi connectivity index (χ3n) is 6.43. The number of aromatic nitrogens is 2. The highest BCUT2D eigenvalue weighted by Crippen LogP contribution is 2.42. The number of benzene rings is 1. The van der Waals surface area contributed by atoms with E-state index in [1.165, 1.54) is 12.4 Å². The number of nitrogen functional groups attached to an aromatic ring is 1. The number of amides is 1. The van der Waals surface area contributed by atoms with Gasteiger partial charge in [-0.1, -0.05) is 0 Å². The molecule has 3 aliphatic heterocycles. The molecule has 1 aromatic heterocycles. The number of fused-ring (bicyclic) bond motifs is 3. The maximum atomic E-state index is 12.8. The molecule has 1 fully saturated rings. The maximum absolute atomic E-state index is 12.8. The van der Waals surface area contributed by atoms with Crippen LogP contribution >= 0.6 is 0 Å². The molecule has 0 radical (unpaired) electrons. The number of aliphatic imine (C=N–C) groups is 2. The van der Waals surface area contributed by atoms with Crippen LogP contribution in [0.5, 0.6) is 11.5 Å². The number of phenols is 1. The molecule has 13 heteroatoms. The van der Waals surface area contributed by atoms with Crippen LogP contribution in [-0.2, 0) is 4.74 Å². The molecule has 5 N–H and O–H groups in total. The molecule has 5 rings (SSSR count). The van der Waals surface area contributed by atoms with E-state index in [1.807, 2.05) is 13.8 Å². The summed E-state index contributed by atoms with van der Waals surface area (Å²) in [7, 11) is 0. The van der Waals surface area contributed by atoms with Crippen molar-refractivity contribution in [2.75, 3.05) is 45.1 Å². The predicted octanol–water partition coefficient (Wildman–Crippen LogP) is 0.497. The number of carbonyl (C=O) groups excluding carboxylic acids is 1. The van der Waals surface area contributed by atoms with E-state index in [9.17, 15) is 15.0 Å². The minimum absolute atomic E-state index is 0.0447. The lowest BCUT2D eigenvalue weighted by Gasteiger charge is -2.38. The summed E-state index contributed by atoms with van der Waals surface area (Å²) in [6.45, 7) is 8.53. The molecule has 1 amide bonds. The highest BCUT2D eigenvalue weighted by molar-refractivity contribution is 6.20. The molecule has 0 spiro atoms. The van der Waals surface area contributed by atoms with E-state index in [0.29, 0.717) is 31.0 Å². The second-order valence-electron chi connectivity index (χ2n) is 10.1. The number of guanidine groups is 1. The zero-order chi connectivity index (χ0) is 27.0. The summed E-state index contributed by atoms with van der Waals surface area (Å²) >= 11 is 0. The number of carbonyl (C=O) groups is 1. The van der Waals surface area contributed by atoms with Crippen LogP contribution in [-0.4, -0.2) is 105 Å². The number of ether oxygens (including phenoxy) is 2. The number of phenolic OH excluding ortho intramolecular Hbond substituents is 1. The summed E-state index contributed by atoms with van der Waals surface area (Å²) < 4.78 is 11.6. The van der Waals surface area contributed by atoms with Crippen molar-refractivity contribution in [1.82, 2.24) is 25.1 Å². The molecule has 0 aliphatic carbocycles. The van der Waals surface area contributed by atoms with Crippen molar-refractivity contribution < 1.29 is 24.5 Å². The van der Waals surface area contributed by atoms with E-state index in [0.717, 1.165) is 13.1 Å². The molecule has 4 heterocycles. The fraction of sp³-hybridized carbons (Fsp3) is 0.480. The number of amidine groups is 1. The van der Waals surface area contributed by atoms with Crippen molar-refractivity contribution >= 4 is 29.3 Å². The smallest absolute Gasteiger partial charge is 0.261 e. The van der Waals surface area contributed by atoms with Crippen LogP contribution in [0, 0.1) is 0 Å². The van der Waals surface area contributed by atoms with E-state index in [4.69, 9.17) is 15.2 Å². The highest BCUT2D eigenvalue weighted by Gasteiger charge is 2.34. The minimum Gasteiger partial charge on any atom is -0.503 e. The van der Waals surface area contributed by atoms with Gasteiger partial charge in [0.05, 0.1) is 24.3 Å². The van der Waals surface area contributed by atoms with Gasteiger partial charge in [-0.15, -0.1) is 0 Å². The van der Waals surface area contributed by atoms with E-state index >= 15 is 0 Å². The monoisotopic (exact) mass is 524 g/mol. The molecule has 13 nitrogen and oxygen atoms in total. The summed E-state index contributed by atoms with van der Waals surface area (Å²) in [6.07, 6.45) is 2.81. The summed E-state index contributed by atoms with van der Waals surface area (Å²) in [5.41, 5.74) is 5.38. The van der Waals surface area contributed by atoms with Gasteiger partial charge in [-0.3, -0.25) is 24.9 Å². The molecule has 3 aliphatic rings. The Kier molecular flexibility index (Phi) is 6.90. The Bertz CT molecular complexity index is 1270. The molecule has 0 saturated carbocycles. The van der Waals surface area contributed by atoms with Crippen molar-refractivity contribution in [3.63, 3.8) is 0 Å². The van der Waals surface area contributed by atoms with Crippen molar-refractivity contribution in [2.24, 2.45) is 9.98 Å². The third kappa shape index (κ3) is 5.39. The molecule has 3 atom stereocenters. The van der Waals surface area contributed by atoms with Crippen LogP contribution in [0.2, 0.25) is 0 Å². The van der Waals surface area contributed by atoms with Gasteiger partial charge in [-0.05, 0) is 32.9 Å². The van der Waals surface area contributed by atoms with Gasteiger partial charge in [0.1, 0.15) is 23.7 Å². The van der Waals surface area contributed by atoms with E-state index in [2.05, 4.69) is 30.2 Å². The van der Waals surface area contributed by atoms with Gasteiger partial charge < -0.3 is 25.4 Å². The average molecular weight is 525 g/mol. The summed E-state index contributed by atoms with van der Waals surface area (Å²) in [6, 6.07) is 3.39. The lowest BCUT2D eigenvalue weighted by molar-refractivity contribution is -0.0952. The predicted molar refractivity (Wildman–Crippen MR) is 140 cm³/mol. The van der Waals surface area contributed by atoms with Crippen molar-refractivity contribution in [3.05, 3.63) is 35.7 Å². The number of β-amino-alcohol motifs (C(OH)–C–C–N with tert-alkyl or cyclic N) is 1. The van der Waals surface area contributed by atoms with Crippen molar-refractivity contribution in [1.29, 1.82) is 0 Å². The molecule has 2 aromatic rings. The number of nitrogens with zero attached hydrogens (tertiary/aromatic N) is 6. The van der Waals surface area contributed by atoms with Gasteiger partial charge in [0.2, 0.25) is 11.9 Å². The zero-order valence-corrected chi connectivity index (χ0v) is 21.6. The first kappa shape index (κ1) is 25.8. The Labute approximate surface area is 220 Å². The third-order valence-corrected chi connectivity index (χ3v) is 6.43. The number of anilines is 1. The number of hydrogen-bond donors (Lipinski definition) is 4. The van der Waals surface area contributed by atoms with E-state index in [1.54, 1.807) is 24.0 Å². The average Bonchev–Trinajstić information content (AvgIpc) is 3.34. The van der Waals surface area contributed by atoms with Crippen LogP contribution < -0.4 is 15.8 Å². The highest BCUT2D eigenvalue weighted by atomic mass is 16.5. The standard InChI is InChI=1S/C25H32N8O5/c1-14-10-32(11-15(2)38-14)12-25(3,36)13-37-18-5-4-17-19(20(18)34)30-24(33-7-6-27-21(17)33)31-22(35)16-8-28-23(26)29-9-16/h4-5,8-9,14-15,34,36H,6-7,10-13H2,1-3H3,(H2,26,28,29)(H,30,31,35)/t14-,15+,25?. The Morgan fingerprint density at radius 2 is 1.97 bits per heavy atom. The quantitative estimate of drug-likeness (QED) is 0.417. The SMILES string of the molecule is C[C@@H]1CN(CC(C)(O)COc2ccc3c(c2O)N=C(NC(=O)c2cnc(N)nc2)N2CCN=C32)C[C@H](C)O1. The second kappa shape index (κ2) is 10.2. The first-order chi connectivity index (χ1) is 18.1. The molecule has 202 valence electrons. The summed E-state index contributed by atoms with van der Waals surface area (Å²) in [5.74, 6) is 0.344. The molecular formula is C25H32N8O5. The first-order valence-corrected chi connectivity index (χ1v) is 12.5. The zero-order valence-electron chi connectivity index (χ0n) is 21.6. The van der Waals surface area contributed by atoms with E-state index < -0.39 is 11.5 Å². The fourth-order valence-electron chi connectivity index (χ4n) is 4.92. The normalized spacial score (nSPS) is 22.6. The van der Waals surface area contributed by atoms with Crippen LogP contribution in [0.3, 0.4) is 0 Å². The molecule has 1 saturated heterocycles. The summed E-state index contributed by atoms with van der Waals surface area (Å²) in [5, 5.41) is 24.8. The van der Waals surface area contributed by atoms with Gasteiger partial charge in [0.25, 0.3) is 5.91 Å². The molecule has 0 bridgehead atoms. The second-order valence-corrected chi connectivity index (χ2v) is 10.1. The number of hydrogen-bond acceptors (Lipinski definition) is 12. The first-order valence-electron chi connectivity index (χ1n) is 12.5. The van der Waals surface area contributed by atoms with Crippen molar-refractivity contribution in [2.45, 2.75) is 38.6 Å². The Morgan fingerprint density at radius 1 is 1.26 bits per heavy atom. The van der Waals surface area contributed by atoms with Crippen LogP contribution in [0.25, 0.3) is 0 Å². The van der Waals surface area contributed by atoms with E-state index in [-0.39, 0.29) is 53.5 Å². The number of morpholine rings is 1. The van der Waals surface area contributed by atoms with Crippen LogP contribution in [0.4, 0.5) is 11.6 Å². The van der Waals surface area contributed by atoms with Crippen LogP contribution in [0.15, 0.2) is 34.5 Å². The Balaban J connectivity index is 1.34. The number of aromatic hydroxyl groups is 1. The molecular weight excluding hydrogens is 492 g/mol. The van der Waals surface area contributed by atoms with Gasteiger partial charge >= 0.3 is 0 Å². The molecule has 1 aromatic carbocycles. The Morgan fingerprint density at radius 3 is 2.68 bits per heavy atom. The number of aliphatic hydroxyl groups is 1. The molecule has 38 heavy (non-hydrogen) atoms. The lowest BCUT2D eigenvalue weighted by atomic mass is 10.1. The van der Waals surface area contributed by atoms with Gasteiger partial charge in [-0.2, -0.15) is 0 Å². The Hall–Kier alpha value is -3.81. The fourth-order valence-corrected chi connectivity index (χ4v) is 4.92. The number of nitrogens with one attached hydrogen (secondary N) is 1. The number of rotatable bonds is 6. The van der Waals surface area contributed by atoms with Gasteiger partial charge in [0.15, 0.2) is 11.5 Å².